The first-order valence-corrected chi connectivity index (χ1v) is 39.2. The van der Waals surface area contributed by atoms with E-state index >= 15 is 9.59 Å². The van der Waals surface area contributed by atoms with E-state index < -0.39 is 90.7 Å². The first kappa shape index (κ1) is 84.4. The van der Waals surface area contributed by atoms with Crippen molar-refractivity contribution < 1.29 is 102 Å². The highest BCUT2D eigenvalue weighted by Crippen LogP contribution is 2.46. The quantitative estimate of drug-likeness (QED) is 0.0164. The molecule has 6 aromatic heterocycles. The molecule has 14 aromatic rings. The van der Waals surface area contributed by atoms with Crippen LogP contribution in [0.1, 0.15) is 99.2 Å². The number of nitrogens with two attached hydrogens (primary N) is 3. The lowest BCUT2D eigenvalue weighted by atomic mass is 9.98. The summed E-state index contributed by atoms with van der Waals surface area (Å²) < 4.78 is 41.5. The number of carboxylic acids is 4. The standard InChI is InChI=1S/C90H75N15O21/c91-30-11-33-120-69-36-63(84(112)103-60-27-9-22-54-73(124-44-76(108)109)39-66(97-81(54)60)87(115)104-61-28-7-20-52-71(122-35-13-32-93)41-68(89(117)118)99-82(52)61)94-78-50(69)18-5-24-57(78)100-86(114)65-38-72(123-43-75(106)107)53-21-8-26-59(80(53)96-65)102-85(113)64-37-70(121-34-12-31-92)51-19-6-25-58(79(51)95-64)101-88(116)67-40-74(125-45-77(110)111)55-23-10-29-62(83(55)98-67)105-90(119)126-42-56-48-16-3-1-14-46(48)47-15-2-4-17-49(47)56/h1-10,14-29,36-41,56H,11-13,30-35,42-45,91-93H2,(H,100,114)(H,101,116)(H,102,113)(H,103,112)(H,104,115)(H,105,119)(H,106,107)(H,108,109)(H,110,111)(H,117,118). The summed E-state index contributed by atoms with van der Waals surface area (Å²) in [5, 5.41) is 57.5. The van der Waals surface area contributed by atoms with E-state index in [0.717, 1.165) is 22.3 Å². The number of ether oxygens (including phenoxy) is 7. The zero-order chi connectivity index (χ0) is 88.2. The number of pyridine rings is 6. The van der Waals surface area contributed by atoms with Gasteiger partial charge in [-0.25, -0.2) is 53.9 Å². The minimum absolute atomic E-state index is 0.0140. The van der Waals surface area contributed by atoms with Gasteiger partial charge in [-0.15, -0.1) is 0 Å². The minimum atomic E-state index is -1.39. The van der Waals surface area contributed by atoms with E-state index in [1.165, 1.54) is 97.1 Å². The van der Waals surface area contributed by atoms with Gasteiger partial charge in [0.05, 0.1) is 87.0 Å². The van der Waals surface area contributed by atoms with Crippen molar-refractivity contribution in [2.75, 3.05) is 97.8 Å². The number of rotatable bonds is 35. The molecule has 36 heteroatoms. The molecule has 16 N–H and O–H groups in total. The van der Waals surface area contributed by atoms with Crippen LogP contribution in [0.5, 0.6) is 34.5 Å². The normalized spacial score (nSPS) is 11.5. The maximum atomic E-state index is 15.0. The van der Waals surface area contributed by atoms with Crippen LogP contribution in [0.3, 0.4) is 0 Å². The smallest absolute Gasteiger partial charge is 0.411 e. The van der Waals surface area contributed by atoms with Crippen LogP contribution < -0.4 is 77.5 Å². The number of aliphatic carboxylic acids is 3. The Morgan fingerprint density at radius 3 is 0.810 bits per heavy atom. The lowest BCUT2D eigenvalue weighted by Crippen LogP contribution is -2.19. The van der Waals surface area contributed by atoms with E-state index in [1.54, 1.807) is 48.5 Å². The first-order valence-electron chi connectivity index (χ1n) is 39.2. The van der Waals surface area contributed by atoms with Gasteiger partial charge in [-0.05, 0) is 134 Å². The van der Waals surface area contributed by atoms with Gasteiger partial charge in [-0.1, -0.05) is 84.9 Å². The molecule has 0 aliphatic heterocycles. The number of aromatic carboxylic acids is 1. The molecule has 0 radical (unpaired) electrons. The molecule has 0 saturated heterocycles. The highest BCUT2D eigenvalue weighted by molar-refractivity contribution is 6.17. The summed E-state index contributed by atoms with van der Waals surface area (Å²) in [5.41, 5.74) is 19.3. The number of carbonyl (C=O) groups is 10. The maximum absolute atomic E-state index is 15.0. The van der Waals surface area contributed by atoms with Crippen LogP contribution in [0.4, 0.5) is 38.9 Å². The van der Waals surface area contributed by atoms with E-state index in [4.69, 9.17) is 65.3 Å². The largest absolute Gasteiger partial charge is 0.493 e. The molecule has 1 aliphatic carbocycles. The van der Waals surface area contributed by atoms with Gasteiger partial charge < -0.3 is 97.4 Å². The average molecular weight is 1700 g/mol. The van der Waals surface area contributed by atoms with Gasteiger partial charge in [0.2, 0.25) is 0 Å². The summed E-state index contributed by atoms with van der Waals surface area (Å²) in [6.45, 7) is -1.67. The number of fused-ring (bicyclic) bond motifs is 9. The van der Waals surface area contributed by atoms with Gasteiger partial charge in [-0.3, -0.25) is 29.3 Å². The Morgan fingerprint density at radius 2 is 0.548 bits per heavy atom. The monoisotopic (exact) mass is 1700 g/mol. The molecule has 0 saturated carbocycles. The molecule has 15 rings (SSSR count). The second-order valence-electron chi connectivity index (χ2n) is 28.3. The molecular formula is C90H75N15O21. The van der Waals surface area contributed by atoms with E-state index in [1.807, 2.05) is 48.5 Å². The van der Waals surface area contributed by atoms with E-state index in [-0.39, 0.29) is 191 Å². The molecule has 0 unspecified atom stereocenters. The number of para-hydroxylation sites is 6. The lowest BCUT2D eigenvalue weighted by Gasteiger charge is -2.17. The number of nitrogens with zero attached hydrogens (tertiary/aromatic N) is 6. The predicted molar refractivity (Wildman–Crippen MR) is 463 cm³/mol. The molecule has 6 heterocycles. The second-order valence-corrected chi connectivity index (χ2v) is 28.3. The summed E-state index contributed by atoms with van der Waals surface area (Å²) in [7, 11) is 0. The Labute approximate surface area is 712 Å². The fraction of sp³-hybridized carbons (Fsp3) is 0.156. The van der Waals surface area contributed by atoms with Crippen LogP contribution in [0.25, 0.3) is 76.5 Å². The van der Waals surface area contributed by atoms with Crippen molar-refractivity contribution in [2.24, 2.45) is 17.2 Å². The van der Waals surface area contributed by atoms with Gasteiger partial charge in [0.1, 0.15) is 69.6 Å². The van der Waals surface area contributed by atoms with Crippen molar-refractivity contribution in [1.82, 2.24) is 29.9 Å². The van der Waals surface area contributed by atoms with Crippen LogP contribution in [0, 0.1) is 0 Å². The summed E-state index contributed by atoms with van der Waals surface area (Å²) in [4.78, 5) is 164. The van der Waals surface area contributed by atoms with E-state index in [2.05, 4.69) is 46.9 Å². The topological polar surface area (TPSA) is 544 Å². The molecule has 0 spiro atoms. The molecule has 0 fully saturated rings. The number of nitrogens with one attached hydrogen (secondary N) is 6. The molecule has 8 aromatic carbocycles. The van der Waals surface area contributed by atoms with Crippen LogP contribution in [0.15, 0.2) is 194 Å². The molecule has 6 amide bonds. The summed E-state index contributed by atoms with van der Waals surface area (Å²) in [6.07, 6.45) is 0.313. The zero-order valence-corrected chi connectivity index (χ0v) is 66.4. The number of benzene rings is 8. The van der Waals surface area contributed by atoms with E-state index in [0.29, 0.717) is 36.6 Å². The first-order chi connectivity index (χ1) is 61.1. The summed E-state index contributed by atoms with van der Waals surface area (Å²) in [5.74, 6) is -10.3. The molecule has 126 heavy (non-hydrogen) atoms. The number of carboxylic acid groups (broad SMARTS) is 4. The van der Waals surface area contributed by atoms with Crippen molar-refractivity contribution in [3.05, 3.63) is 239 Å². The molecule has 36 nitrogen and oxygen atoms in total. The third-order valence-corrected chi connectivity index (χ3v) is 19.9. The maximum Gasteiger partial charge on any atom is 0.411 e. The molecule has 1 aliphatic rings. The number of anilines is 6. The molecule has 0 bridgehead atoms. The number of hydrogen-bond donors (Lipinski definition) is 13. The van der Waals surface area contributed by atoms with Crippen LogP contribution in [-0.2, 0) is 19.1 Å². The van der Waals surface area contributed by atoms with Gasteiger partial charge >= 0.3 is 30.0 Å². The fourth-order valence-corrected chi connectivity index (χ4v) is 14.2. The highest BCUT2D eigenvalue weighted by atomic mass is 16.6. The van der Waals surface area contributed by atoms with Crippen LogP contribution in [0.2, 0.25) is 0 Å². The summed E-state index contributed by atoms with van der Waals surface area (Å²) >= 11 is 0. The Hall–Kier alpha value is -16.6. The van der Waals surface area contributed by atoms with Crippen molar-refractivity contribution in [3.8, 4) is 45.6 Å². The van der Waals surface area contributed by atoms with Crippen molar-refractivity contribution in [3.63, 3.8) is 0 Å². The van der Waals surface area contributed by atoms with Crippen LogP contribution in [-0.4, -0.2) is 176 Å². The number of hydrogen-bond acceptors (Lipinski definition) is 26. The minimum Gasteiger partial charge on any atom is -0.493 e. The Balaban J connectivity index is 0.721. The zero-order valence-electron chi connectivity index (χ0n) is 66.4. The number of carbonyl (C=O) groups excluding carboxylic acids is 6. The average Bonchev–Trinajstić information content (AvgIpc) is 1.40. The Morgan fingerprint density at radius 1 is 0.302 bits per heavy atom. The second kappa shape index (κ2) is 37.6. The Kier molecular flexibility index (Phi) is 25.2. The van der Waals surface area contributed by atoms with Crippen molar-refractivity contribution >= 4 is 159 Å². The molecule has 636 valence electrons. The third kappa shape index (κ3) is 18.5. The van der Waals surface area contributed by atoms with Gasteiger partial charge in [0.15, 0.2) is 25.5 Å². The van der Waals surface area contributed by atoms with Gasteiger partial charge in [0, 0.05) is 74.6 Å². The molecule has 0 atom stereocenters. The number of amides is 6. The van der Waals surface area contributed by atoms with E-state index in [9.17, 15) is 58.8 Å². The van der Waals surface area contributed by atoms with Crippen molar-refractivity contribution in [2.45, 2.75) is 25.2 Å². The number of aromatic nitrogens is 6. The predicted octanol–water partition coefficient (Wildman–Crippen LogP) is 11.9. The fourth-order valence-electron chi connectivity index (χ4n) is 14.2. The third-order valence-electron chi connectivity index (χ3n) is 19.9. The SMILES string of the molecule is NCCCOc1cc(C(=O)O)nc2c(NC(=O)c3cc(OCC(=O)O)c4cccc(NC(=O)c5cc(OCCCN)c6cccc(NC(=O)c7cc(OCC(=O)O)c8cccc(NC(=O)c9cc(OCCCN)c%10cccc(NC(=O)c%11cc(OCC(=O)O)c%12cccc(NC(=O)OCC%13c%14ccccc%14-c%14ccccc%14%13)c%12n%11)c%10n9)c8n7)c6n5)c4n3)cccc12. The van der Waals surface area contributed by atoms with Crippen LogP contribution >= 0.6 is 0 Å². The highest BCUT2D eigenvalue weighted by Gasteiger charge is 2.31. The summed E-state index contributed by atoms with van der Waals surface area (Å²) in [6, 6.07) is 50.8. The lowest BCUT2D eigenvalue weighted by molar-refractivity contribution is -0.140. The molecular weight excluding hydrogens is 1630 g/mol. The van der Waals surface area contributed by atoms with Crippen molar-refractivity contribution in [1.29, 1.82) is 0 Å². The van der Waals surface area contributed by atoms with Gasteiger partial charge in [-0.2, -0.15) is 0 Å². The van der Waals surface area contributed by atoms with Gasteiger partial charge in [0.25, 0.3) is 29.5 Å². The Bertz CT molecular complexity index is 6730.